The molecule has 0 spiro atoms. The van der Waals surface area contributed by atoms with Gasteiger partial charge < -0.3 is 20.6 Å². The number of carbonyl (C=O) groups excluding carboxylic acids is 2. The molecule has 0 saturated heterocycles. The number of nitrogens with one attached hydrogen (secondary N) is 2. The summed E-state index contributed by atoms with van der Waals surface area (Å²) in [6.07, 6.45) is 7.64. The van der Waals surface area contributed by atoms with Gasteiger partial charge in [0.15, 0.2) is 0 Å². The van der Waals surface area contributed by atoms with E-state index in [0.29, 0.717) is 36.7 Å². The van der Waals surface area contributed by atoms with Crippen LogP contribution in [0.1, 0.15) is 79.7 Å². The number of hydrogen-bond donors (Lipinski definition) is 3. The SMILES string of the molecule is C#CC[C@H](NC(=O)c1cc(C)cc(C(=O)N(CCC)CCC)c1)[C@H](O)CNCCC(C)C. The van der Waals surface area contributed by atoms with Gasteiger partial charge in [0.05, 0.1) is 12.1 Å². The molecular formula is C26H41N3O3. The zero-order chi connectivity index (χ0) is 24.1. The average Bonchev–Trinajstić information content (AvgIpc) is 2.75. The topological polar surface area (TPSA) is 81.7 Å². The van der Waals surface area contributed by atoms with E-state index < -0.39 is 12.1 Å². The number of benzene rings is 1. The summed E-state index contributed by atoms with van der Waals surface area (Å²) in [4.78, 5) is 27.8. The van der Waals surface area contributed by atoms with Crippen LogP contribution in [0.2, 0.25) is 0 Å². The van der Waals surface area contributed by atoms with Crippen molar-refractivity contribution in [1.29, 1.82) is 0 Å². The van der Waals surface area contributed by atoms with Crippen LogP contribution in [-0.2, 0) is 0 Å². The van der Waals surface area contributed by atoms with E-state index in [9.17, 15) is 14.7 Å². The van der Waals surface area contributed by atoms with E-state index in [1.165, 1.54) is 0 Å². The number of amides is 2. The van der Waals surface area contributed by atoms with Crippen LogP contribution in [0, 0.1) is 25.2 Å². The third kappa shape index (κ3) is 9.42. The van der Waals surface area contributed by atoms with E-state index >= 15 is 0 Å². The van der Waals surface area contributed by atoms with Crippen molar-refractivity contribution < 1.29 is 14.7 Å². The molecule has 178 valence electrons. The number of nitrogens with zero attached hydrogens (tertiary/aromatic N) is 1. The summed E-state index contributed by atoms with van der Waals surface area (Å²) in [5.74, 6) is 2.69. The summed E-state index contributed by atoms with van der Waals surface area (Å²) < 4.78 is 0. The van der Waals surface area contributed by atoms with Crippen LogP contribution in [0.25, 0.3) is 0 Å². The highest BCUT2D eigenvalue weighted by atomic mass is 16.3. The second kappa shape index (κ2) is 14.7. The molecule has 6 nitrogen and oxygen atoms in total. The van der Waals surface area contributed by atoms with Gasteiger partial charge >= 0.3 is 0 Å². The largest absolute Gasteiger partial charge is 0.390 e. The van der Waals surface area contributed by atoms with Gasteiger partial charge in [-0.1, -0.05) is 27.7 Å². The Morgan fingerprint density at radius 2 is 1.75 bits per heavy atom. The molecule has 0 saturated carbocycles. The number of carbonyl (C=O) groups is 2. The van der Waals surface area contributed by atoms with Crippen molar-refractivity contribution in [1.82, 2.24) is 15.5 Å². The van der Waals surface area contributed by atoms with Gasteiger partial charge in [0.1, 0.15) is 0 Å². The van der Waals surface area contributed by atoms with E-state index in [2.05, 4.69) is 30.4 Å². The minimum absolute atomic E-state index is 0.0685. The number of hydrogen-bond acceptors (Lipinski definition) is 4. The van der Waals surface area contributed by atoms with Gasteiger partial charge in [-0.15, -0.1) is 12.3 Å². The fraction of sp³-hybridized carbons (Fsp3) is 0.615. The lowest BCUT2D eigenvalue weighted by Crippen LogP contribution is -2.47. The zero-order valence-electron chi connectivity index (χ0n) is 20.4. The monoisotopic (exact) mass is 443 g/mol. The van der Waals surface area contributed by atoms with Crippen LogP contribution in [0.5, 0.6) is 0 Å². The van der Waals surface area contributed by atoms with Gasteiger partial charge in [-0.3, -0.25) is 9.59 Å². The Balaban J connectivity index is 2.93. The second-order valence-electron chi connectivity index (χ2n) is 8.82. The van der Waals surface area contributed by atoms with Crippen molar-refractivity contribution in [3.05, 3.63) is 34.9 Å². The Hall–Kier alpha value is -2.36. The Morgan fingerprint density at radius 3 is 2.31 bits per heavy atom. The van der Waals surface area contributed by atoms with Crippen LogP contribution in [0.4, 0.5) is 0 Å². The third-order valence-corrected chi connectivity index (χ3v) is 5.23. The van der Waals surface area contributed by atoms with Gasteiger partial charge in [-0.05, 0) is 62.4 Å². The van der Waals surface area contributed by atoms with Crippen LogP contribution in [0.15, 0.2) is 18.2 Å². The normalized spacial score (nSPS) is 12.8. The second-order valence-corrected chi connectivity index (χ2v) is 8.82. The molecule has 0 aliphatic rings. The highest BCUT2D eigenvalue weighted by Crippen LogP contribution is 2.14. The minimum Gasteiger partial charge on any atom is -0.390 e. The van der Waals surface area contributed by atoms with E-state index in [-0.39, 0.29) is 18.2 Å². The molecule has 32 heavy (non-hydrogen) atoms. The van der Waals surface area contributed by atoms with Crippen LogP contribution in [0.3, 0.4) is 0 Å². The third-order valence-electron chi connectivity index (χ3n) is 5.23. The molecule has 0 aliphatic carbocycles. The van der Waals surface area contributed by atoms with Gasteiger partial charge in [0, 0.05) is 37.2 Å². The summed E-state index contributed by atoms with van der Waals surface area (Å²) in [5.41, 5.74) is 1.73. The van der Waals surface area contributed by atoms with Gasteiger partial charge in [0.25, 0.3) is 11.8 Å². The highest BCUT2D eigenvalue weighted by Gasteiger charge is 2.22. The number of rotatable bonds is 14. The van der Waals surface area contributed by atoms with Crippen LogP contribution < -0.4 is 10.6 Å². The quantitative estimate of drug-likeness (QED) is 0.304. The fourth-order valence-corrected chi connectivity index (χ4v) is 3.52. The average molecular weight is 444 g/mol. The van der Waals surface area contributed by atoms with Crippen molar-refractivity contribution in [2.75, 3.05) is 26.2 Å². The van der Waals surface area contributed by atoms with E-state index in [1.807, 2.05) is 31.7 Å². The van der Waals surface area contributed by atoms with Crippen molar-refractivity contribution >= 4 is 11.8 Å². The number of aryl methyl sites for hydroxylation is 1. The Bertz CT molecular complexity index is 764. The first-order valence-electron chi connectivity index (χ1n) is 11.8. The summed E-state index contributed by atoms with van der Waals surface area (Å²) in [6.45, 7) is 12.7. The molecule has 3 N–H and O–H groups in total. The van der Waals surface area contributed by atoms with Gasteiger partial charge in [0.2, 0.25) is 0 Å². The summed E-state index contributed by atoms with van der Waals surface area (Å²) >= 11 is 0. The molecular weight excluding hydrogens is 402 g/mol. The zero-order valence-corrected chi connectivity index (χ0v) is 20.4. The van der Waals surface area contributed by atoms with Crippen molar-refractivity contribution in [2.24, 2.45) is 5.92 Å². The van der Waals surface area contributed by atoms with Gasteiger partial charge in [-0.2, -0.15) is 0 Å². The lowest BCUT2D eigenvalue weighted by atomic mass is 10.0. The maximum absolute atomic E-state index is 13.0. The Morgan fingerprint density at radius 1 is 1.12 bits per heavy atom. The Labute approximate surface area is 194 Å². The molecule has 1 aromatic rings. The van der Waals surface area contributed by atoms with Crippen LogP contribution in [-0.4, -0.2) is 60.1 Å². The molecule has 2 amide bonds. The number of terminal acetylenes is 1. The Kier molecular flexibility index (Phi) is 12.7. The molecule has 0 fully saturated rings. The van der Waals surface area contributed by atoms with Gasteiger partial charge in [-0.25, -0.2) is 0 Å². The minimum atomic E-state index is -0.808. The predicted molar refractivity (Wildman–Crippen MR) is 131 cm³/mol. The number of aliphatic hydroxyl groups is 1. The fourth-order valence-electron chi connectivity index (χ4n) is 3.52. The first kappa shape index (κ1) is 27.7. The molecule has 6 heteroatoms. The first-order chi connectivity index (χ1) is 15.2. The smallest absolute Gasteiger partial charge is 0.253 e. The van der Waals surface area contributed by atoms with E-state index in [0.717, 1.165) is 31.4 Å². The predicted octanol–water partition coefficient (Wildman–Crippen LogP) is 3.38. The highest BCUT2D eigenvalue weighted by molar-refractivity contribution is 6.00. The number of aliphatic hydroxyl groups excluding tert-OH is 1. The first-order valence-corrected chi connectivity index (χ1v) is 11.8. The molecule has 0 radical (unpaired) electrons. The lowest BCUT2D eigenvalue weighted by molar-refractivity contribution is 0.0755. The molecule has 0 unspecified atom stereocenters. The van der Waals surface area contributed by atoms with Crippen molar-refractivity contribution in [2.45, 2.75) is 72.4 Å². The molecule has 0 aliphatic heterocycles. The summed E-state index contributed by atoms with van der Waals surface area (Å²) in [7, 11) is 0. The molecule has 0 bridgehead atoms. The molecule has 0 aromatic heterocycles. The standard InChI is InChI=1S/C26H41N3O3/c1-7-10-23(24(30)18-27-12-11-19(4)5)28-25(31)21-15-20(6)16-22(17-21)26(32)29(13-8-2)14-9-3/h1,15-17,19,23-24,27,30H,8-14,18H2,2-6H3,(H,28,31)/t23-,24+/m0/s1. The molecule has 2 atom stereocenters. The maximum Gasteiger partial charge on any atom is 0.253 e. The molecule has 0 heterocycles. The lowest BCUT2D eigenvalue weighted by Gasteiger charge is -2.24. The van der Waals surface area contributed by atoms with Crippen LogP contribution >= 0.6 is 0 Å². The molecule has 1 rings (SSSR count). The van der Waals surface area contributed by atoms with Crippen molar-refractivity contribution in [3.8, 4) is 12.3 Å². The van der Waals surface area contributed by atoms with E-state index in [4.69, 9.17) is 6.42 Å². The van der Waals surface area contributed by atoms with Crippen molar-refractivity contribution in [3.63, 3.8) is 0 Å². The van der Waals surface area contributed by atoms with E-state index in [1.54, 1.807) is 12.1 Å². The maximum atomic E-state index is 13.0. The summed E-state index contributed by atoms with van der Waals surface area (Å²) in [6, 6.07) is 4.61. The molecule has 1 aromatic carbocycles. The summed E-state index contributed by atoms with van der Waals surface area (Å²) in [5, 5.41) is 16.6.